The van der Waals surface area contributed by atoms with E-state index in [9.17, 15) is 8.78 Å². The molecule has 0 bridgehead atoms. The Morgan fingerprint density at radius 1 is 1.62 bits per heavy atom. The predicted octanol–water partition coefficient (Wildman–Crippen LogP) is 2.15. The van der Waals surface area contributed by atoms with Gasteiger partial charge in [0.15, 0.2) is 0 Å². The Bertz CT molecular complexity index is 88.4. The molecule has 0 N–H and O–H groups in total. The zero-order valence-corrected chi connectivity index (χ0v) is 4.82. The van der Waals surface area contributed by atoms with E-state index in [1.54, 1.807) is 6.92 Å². The van der Waals surface area contributed by atoms with Crippen molar-refractivity contribution in [1.82, 2.24) is 0 Å². The summed E-state index contributed by atoms with van der Waals surface area (Å²) in [5.74, 6) is 0.250. The average molecular weight is 122 g/mol. The topological polar surface area (TPSA) is 9.23 Å². The van der Waals surface area contributed by atoms with Gasteiger partial charge in [0.25, 0.3) is 0 Å². The molecule has 0 heterocycles. The maximum Gasteiger partial charge on any atom is 0.387 e. The first-order valence-electron chi connectivity index (χ1n) is 2.24. The molecule has 0 fully saturated rings. The van der Waals surface area contributed by atoms with Crippen molar-refractivity contribution < 1.29 is 13.5 Å². The largest absolute Gasteiger partial charge is 0.440 e. The molecule has 0 spiro atoms. The third-order valence-electron chi connectivity index (χ3n) is 0.682. The monoisotopic (exact) mass is 122 g/mol. The Balaban J connectivity index is 3.39. The van der Waals surface area contributed by atoms with Crippen molar-refractivity contribution in [3.63, 3.8) is 0 Å². The van der Waals surface area contributed by atoms with Gasteiger partial charge in [-0.3, -0.25) is 0 Å². The number of hydrogen-bond donors (Lipinski definition) is 0. The van der Waals surface area contributed by atoms with E-state index in [-0.39, 0.29) is 5.76 Å². The van der Waals surface area contributed by atoms with Crippen LogP contribution in [0, 0.1) is 0 Å². The van der Waals surface area contributed by atoms with Crippen molar-refractivity contribution in [3.8, 4) is 0 Å². The highest BCUT2D eigenvalue weighted by Gasteiger charge is 1.99. The molecule has 3 heteroatoms. The summed E-state index contributed by atoms with van der Waals surface area (Å²) in [4.78, 5) is 0. The molecule has 48 valence electrons. The highest BCUT2D eigenvalue weighted by molar-refractivity contribution is 4.83. The third kappa shape index (κ3) is 3.59. The molecule has 0 radical (unpaired) electrons. The molecular weight excluding hydrogens is 114 g/mol. The molecule has 0 aromatic heterocycles. The van der Waals surface area contributed by atoms with Gasteiger partial charge in [0.05, 0.1) is 5.76 Å². The Kier molecular flexibility index (Phi) is 3.15. The van der Waals surface area contributed by atoms with Crippen LogP contribution in [0.5, 0.6) is 0 Å². The SMILES string of the molecule is CC=C(C)OC(F)F. The Morgan fingerprint density at radius 3 is 2.25 bits per heavy atom. The summed E-state index contributed by atoms with van der Waals surface area (Å²) in [6.45, 7) is 0.426. The second-order valence-electron chi connectivity index (χ2n) is 1.28. The molecule has 0 atom stereocenters. The lowest BCUT2D eigenvalue weighted by Crippen LogP contribution is -1.94. The second kappa shape index (κ2) is 3.41. The number of ether oxygens (including phenoxy) is 1. The number of alkyl halides is 2. The van der Waals surface area contributed by atoms with Crippen molar-refractivity contribution in [2.45, 2.75) is 20.5 Å². The van der Waals surface area contributed by atoms with Gasteiger partial charge in [-0.25, -0.2) is 0 Å². The minimum Gasteiger partial charge on any atom is -0.440 e. The van der Waals surface area contributed by atoms with Crippen LogP contribution in [0.4, 0.5) is 8.78 Å². The third-order valence-corrected chi connectivity index (χ3v) is 0.682. The molecule has 0 unspecified atom stereocenters. The summed E-state index contributed by atoms with van der Waals surface area (Å²) in [5, 5.41) is 0. The molecule has 0 aromatic carbocycles. The molecule has 0 aliphatic carbocycles. The molecule has 0 aliphatic rings. The summed E-state index contributed by atoms with van der Waals surface area (Å²) in [7, 11) is 0. The normalized spacial score (nSPS) is 12.4. The van der Waals surface area contributed by atoms with Gasteiger partial charge >= 0.3 is 6.61 Å². The van der Waals surface area contributed by atoms with E-state index in [0.717, 1.165) is 0 Å². The number of allylic oxidation sites excluding steroid dienone is 2. The highest BCUT2D eigenvalue weighted by Crippen LogP contribution is 2.02. The van der Waals surface area contributed by atoms with E-state index in [0.29, 0.717) is 0 Å². The van der Waals surface area contributed by atoms with Gasteiger partial charge in [-0.2, -0.15) is 8.78 Å². The van der Waals surface area contributed by atoms with Crippen molar-refractivity contribution in [1.29, 1.82) is 0 Å². The molecule has 0 saturated carbocycles. The summed E-state index contributed by atoms with van der Waals surface area (Å²) in [6.07, 6.45) is 1.48. The summed E-state index contributed by atoms with van der Waals surface area (Å²) in [6, 6.07) is 0. The van der Waals surface area contributed by atoms with Crippen molar-refractivity contribution in [2.75, 3.05) is 0 Å². The van der Waals surface area contributed by atoms with Crippen molar-refractivity contribution in [2.24, 2.45) is 0 Å². The van der Waals surface area contributed by atoms with Gasteiger partial charge in [0, 0.05) is 0 Å². The predicted molar refractivity (Wildman–Crippen MR) is 26.5 cm³/mol. The zero-order chi connectivity index (χ0) is 6.57. The van der Waals surface area contributed by atoms with E-state index in [4.69, 9.17) is 0 Å². The molecule has 0 saturated heterocycles. The van der Waals surface area contributed by atoms with Gasteiger partial charge in [-0.15, -0.1) is 0 Å². The minimum atomic E-state index is -2.69. The average Bonchev–Trinajstić information content (AvgIpc) is 1.65. The van der Waals surface area contributed by atoms with E-state index in [2.05, 4.69) is 4.74 Å². The van der Waals surface area contributed by atoms with Crippen LogP contribution in [0.3, 0.4) is 0 Å². The van der Waals surface area contributed by atoms with Crippen LogP contribution >= 0.6 is 0 Å². The fraction of sp³-hybridized carbons (Fsp3) is 0.600. The first-order valence-corrected chi connectivity index (χ1v) is 2.24. The quantitative estimate of drug-likeness (QED) is 0.510. The van der Waals surface area contributed by atoms with Gasteiger partial charge in [-0.1, -0.05) is 0 Å². The maximum absolute atomic E-state index is 11.2. The molecule has 0 rings (SSSR count). The first kappa shape index (κ1) is 7.40. The van der Waals surface area contributed by atoms with E-state index in [1.807, 2.05) is 0 Å². The molecule has 0 aromatic rings. The molecule has 1 nitrogen and oxygen atoms in total. The Morgan fingerprint density at radius 2 is 2.12 bits per heavy atom. The van der Waals surface area contributed by atoms with Gasteiger partial charge in [0.2, 0.25) is 0 Å². The molecule has 0 amide bonds. The molecule has 0 aliphatic heterocycles. The van der Waals surface area contributed by atoms with Crippen LogP contribution in [-0.2, 0) is 4.74 Å². The molecule has 8 heavy (non-hydrogen) atoms. The van der Waals surface area contributed by atoms with Crippen LogP contribution in [-0.4, -0.2) is 6.61 Å². The summed E-state index contributed by atoms with van der Waals surface area (Å²) >= 11 is 0. The van der Waals surface area contributed by atoms with E-state index in [1.165, 1.54) is 13.0 Å². The van der Waals surface area contributed by atoms with Crippen molar-refractivity contribution in [3.05, 3.63) is 11.8 Å². The number of hydrogen-bond acceptors (Lipinski definition) is 1. The Hall–Kier alpha value is -0.600. The summed E-state index contributed by atoms with van der Waals surface area (Å²) < 4.78 is 26.3. The lowest BCUT2D eigenvalue weighted by atomic mass is 10.5. The maximum atomic E-state index is 11.2. The van der Waals surface area contributed by atoms with Gasteiger partial charge in [0.1, 0.15) is 0 Å². The van der Waals surface area contributed by atoms with Crippen LogP contribution in [0.1, 0.15) is 13.8 Å². The lowest BCUT2D eigenvalue weighted by molar-refractivity contribution is -0.0955. The van der Waals surface area contributed by atoms with E-state index < -0.39 is 6.61 Å². The van der Waals surface area contributed by atoms with Crippen molar-refractivity contribution >= 4 is 0 Å². The number of halogens is 2. The lowest BCUT2D eigenvalue weighted by Gasteiger charge is -2.00. The fourth-order valence-corrected chi connectivity index (χ4v) is 0.209. The fourth-order valence-electron chi connectivity index (χ4n) is 0.209. The van der Waals surface area contributed by atoms with Crippen LogP contribution < -0.4 is 0 Å². The van der Waals surface area contributed by atoms with Crippen LogP contribution in [0.15, 0.2) is 11.8 Å². The summed E-state index contributed by atoms with van der Waals surface area (Å²) in [5.41, 5.74) is 0. The van der Waals surface area contributed by atoms with Gasteiger partial charge < -0.3 is 4.74 Å². The van der Waals surface area contributed by atoms with Gasteiger partial charge in [-0.05, 0) is 19.9 Å². The highest BCUT2D eigenvalue weighted by atomic mass is 19.3. The standard InChI is InChI=1S/C5H8F2O/c1-3-4(2)8-5(6)7/h3,5H,1-2H3. The van der Waals surface area contributed by atoms with Crippen LogP contribution in [0.2, 0.25) is 0 Å². The van der Waals surface area contributed by atoms with Crippen LogP contribution in [0.25, 0.3) is 0 Å². The first-order chi connectivity index (χ1) is 3.66. The minimum absolute atomic E-state index is 0.250. The zero-order valence-electron chi connectivity index (χ0n) is 4.82. The number of rotatable bonds is 2. The smallest absolute Gasteiger partial charge is 0.387 e. The van der Waals surface area contributed by atoms with E-state index >= 15 is 0 Å². The molecular formula is C5H8F2O. The second-order valence-corrected chi connectivity index (χ2v) is 1.28. The Labute approximate surface area is 47.0 Å².